The molecule has 2 aliphatic rings. The largest absolute Gasteiger partial charge is 0.299 e. The third-order valence-corrected chi connectivity index (χ3v) is 5.64. The molecule has 0 radical (unpaired) electrons. The average molecular weight is 252 g/mol. The lowest BCUT2D eigenvalue weighted by molar-refractivity contribution is -0.130. The summed E-state index contributed by atoms with van der Waals surface area (Å²) >= 11 is 0. The van der Waals surface area contributed by atoms with Crippen molar-refractivity contribution in [1.29, 1.82) is 0 Å². The van der Waals surface area contributed by atoms with Gasteiger partial charge in [-0.1, -0.05) is 43.9 Å². The molecular weight excluding hydrogens is 232 g/mol. The van der Waals surface area contributed by atoms with Crippen molar-refractivity contribution in [3.05, 3.63) is 35.9 Å². The Morgan fingerprint density at radius 3 is 2.47 bits per heavy atom. The van der Waals surface area contributed by atoms with Crippen LogP contribution in [-0.4, -0.2) is 5.78 Å². The fourth-order valence-electron chi connectivity index (χ4n) is 4.17. The molecule has 1 aromatic carbocycles. The topological polar surface area (TPSA) is 17.1 Å². The van der Waals surface area contributed by atoms with Gasteiger partial charge in [0, 0.05) is 22.3 Å². The van der Waals surface area contributed by atoms with E-state index in [1.807, 2.05) is 30.3 Å². The van der Waals surface area contributed by atoms with Gasteiger partial charge in [-0.3, -0.25) is 4.79 Å². The molecule has 98 valence electrons. The summed E-state index contributed by atoms with van der Waals surface area (Å²) < 4.78 is 0. The van der Waals surface area contributed by atoms with Gasteiger partial charge in [-0.25, -0.2) is 0 Å². The van der Waals surface area contributed by atoms with E-state index >= 15 is 0 Å². The second kappa shape index (κ2) is 3.97. The number of hydrogen-bond acceptors (Lipinski definition) is 1. The second-order valence-corrected chi connectivity index (χ2v) is 6.45. The van der Waals surface area contributed by atoms with Gasteiger partial charge in [0.15, 0.2) is 0 Å². The van der Waals surface area contributed by atoms with Gasteiger partial charge < -0.3 is 0 Å². The molecule has 19 heavy (non-hydrogen) atoms. The van der Waals surface area contributed by atoms with E-state index in [4.69, 9.17) is 0 Å². The van der Waals surface area contributed by atoms with Crippen molar-refractivity contribution in [3.8, 4) is 11.8 Å². The monoisotopic (exact) mass is 252 g/mol. The highest BCUT2D eigenvalue weighted by atomic mass is 16.1. The Balaban J connectivity index is 2.02. The second-order valence-electron chi connectivity index (χ2n) is 6.45. The first-order valence-electron chi connectivity index (χ1n) is 7.11. The van der Waals surface area contributed by atoms with Gasteiger partial charge in [0.2, 0.25) is 0 Å². The molecule has 1 aromatic rings. The maximum atomic E-state index is 12.4. The summed E-state index contributed by atoms with van der Waals surface area (Å²) in [6, 6.07) is 10.1. The molecule has 2 saturated carbocycles. The van der Waals surface area contributed by atoms with E-state index in [1.165, 1.54) is 0 Å². The zero-order valence-electron chi connectivity index (χ0n) is 11.9. The normalized spacial score (nSPS) is 40.1. The summed E-state index contributed by atoms with van der Waals surface area (Å²) in [5, 5.41) is 0. The molecule has 2 bridgehead atoms. The van der Waals surface area contributed by atoms with Crippen molar-refractivity contribution in [1.82, 2.24) is 0 Å². The van der Waals surface area contributed by atoms with Crippen LogP contribution in [0.5, 0.6) is 0 Å². The van der Waals surface area contributed by atoms with Crippen LogP contribution in [0.25, 0.3) is 0 Å². The van der Waals surface area contributed by atoms with Crippen LogP contribution in [0, 0.1) is 34.5 Å². The maximum Gasteiger partial charge on any atom is 0.143 e. The van der Waals surface area contributed by atoms with Crippen LogP contribution in [0.15, 0.2) is 30.3 Å². The molecule has 2 fully saturated rings. The first kappa shape index (κ1) is 12.5. The fraction of sp³-hybridized carbons (Fsp3) is 0.500. The molecular formula is C18H20O. The van der Waals surface area contributed by atoms with Crippen molar-refractivity contribution in [3.63, 3.8) is 0 Å². The number of fused-ring (bicyclic) bond motifs is 2. The first-order valence-corrected chi connectivity index (χ1v) is 7.11. The van der Waals surface area contributed by atoms with Gasteiger partial charge in [-0.15, -0.1) is 0 Å². The van der Waals surface area contributed by atoms with Crippen LogP contribution in [0.4, 0.5) is 0 Å². The van der Waals surface area contributed by atoms with Crippen LogP contribution >= 0.6 is 0 Å². The zero-order chi connectivity index (χ0) is 13.7. The third-order valence-electron chi connectivity index (χ3n) is 5.64. The van der Waals surface area contributed by atoms with Gasteiger partial charge in [0.25, 0.3) is 0 Å². The van der Waals surface area contributed by atoms with E-state index in [1.54, 1.807) is 0 Å². The SMILES string of the molecule is CC1C(=O)C2(C)CCC1C2(C)C#Cc1ccccc1. The highest BCUT2D eigenvalue weighted by Crippen LogP contribution is 2.65. The van der Waals surface area contributed by atoms with Gasteiger partial charge in [-0.2, -0.15) is 0 Å². The Morgan fingerprint density at radius 2 is 1.89 bits per heavy atom. The molecule has 4 atom stereocenters. The quantitative estimate of drug-likeness (QED) is 0.644. The van der Waals surface area contributed by atoms with Crippen molar-refractivity contribution in [2.75, 3.05) is 0 Å². The molecule has 0 heterocycles. The molecule has 3 rings (SSSR count). The summed E-state index contributed by atoms with van der Waals surface area (Å²) in [6.07, 6.45) is 2.14. The lowest BCUT2D eigenvalue weighted by atomic mass is 9.69. The van der Waals surface area contributed by atoms with Crippen LogP contribution < -0.4 is 0 Å². The van der Waals surface area contributed by atoms with E-state index in [0.29, 0.717) is 11.7 Å². The van der Waals surface area contributed by atoms with Crippen LogP contribution in [-0.2, 0) is 4.79 Å². The predicted molar refractivity (Wildman–Crippen MR) is 76.4 cm³/mol. The highest BCUT2D eigenvalue weighted by Gasteiger charge is 2.66. The average Bonchev–Trinajstić information content (AvgIpc) is 2.75. The number of carbonyl (C=O) groups excluding carboxylic acids is 1. The van der Waals surface area contributed by atoms with E-state index in [9.17, 15) is 4.79 Å². The summed E-state index contributed by atoms with van der Waals surface area (Å²) in [4.78, 5) is 12.4. The molecule has 0 N–H and O–H groups in total. The number of rotatable bonds is 0. The Bertz CT molecular complexity index is 577. The van der Waals surface area contributed by atoms with Crippen molar-refractivity contribution < 1.29 is 4.79 Å². The standard InChI is InChI=1S/C18H20O/c1-13-15-10-12-18(3,16(13)19)17(15,2)11-9-14-7-5-4-6-8-14/h4-8,13,15H,10,12H2,1-3H3. The summed E-state index contributed by atoms with van der Waals surface area (Å²) in [7, 11) is 0. The van der Waals surface area contributed by atoms with Crippen molar-refractivity contribution in [2.45, 2.75) is 33.6 Å². The third kappa shape index (κ3) is 1.53. The highest BCUT2D eigenvalue weighted by molar-refractivity contribution is 5.92. The lowest BCUT2D eigenvalue weighted by Gasteiger charge is -2.31. The van der Waals surface area contributed by atoms with Crippen molar-refractivity contribution in [2.24, 2.45) is 22.7 Å². The molecule has 0 spiro atoms. The molecule has 2 aliphatic carbocycles. The number of Topliss-reactive ketones (excluding diaryl/α,β-unsaturated/α-hetero) is 1. The summed E-state index contributed by atoms with van der Waals surface area (Å²) in [5.41, 5.74) is 0.650. The van der Waals surface area contributed by atoms with Crippen LogP contribution in [0.3, 0.4) is 0 Å². The van der Waals surface area contributed by atoms with Gasteiger partial charge >= 0.3 is 0 Å². The lowest BCUT2D eigenvalue weighted by Crippen LogP contribution is -2.34. The summed E-state index contributed by atoms with van der Waals surface area (Å²) in [6.45, 7) is 6.40. The molecule has 0 aromatic heterocycles. The Kier molecular flexibility index (Phi) is 2.61. The molecule has 0 amide bonds. The van der Waals surface area contributed by atoms with E-state index < -0.39 is 0 Å². The maximum absolute atomic E-state index is 12.4. The minimum absolute atomic E-state index is 0.153. The minimum atomic E-state index is -0.237. The Morgan fingerprint density at radius 1 is 1.21 bits per heavy atom. The first-order chi connectivity index (χ1) is 8.99. The van der Waals surface area contributed by atoms with E-state index in [2.05, 4.69) is 32.6 Å². The number of carbonyl (C=O) groups is 1. The number of hydrogen-bond donors (Lipinski definition) is 0. The Labute approximate surface area is 115 Å². The summed E-state index contributed by atoms with van der Waals surface area (Å²) in [5.74, 6) is 7.79. The van der Waals surface area contributed by atoms with Crippen LogP contribution in [0.1, 0.15) is 39.2 Å². The van der Waals surface area contributed by atoms with E-state index in [-0.39, 0.29) is 16.7 Å². The molecule has 0 saturated heterocycles. The fourth-order valence-corrected chi connectivity index (χ4v) is 4.17. The van der Waals surface area contributed by atoms with Crippen molar-refractivity contribution >= 4 is 5.78 Å². The van der Waals surface area contributed by atoms with Crippen LogP contribution in [0.2, 0.25) is 0 Å². The molecule has 1 nitrogen and oxygen atoms in total. The molecule has 0 aliphatic heterocycles. The van der Waals surface area contributed by atoms with Gasteiger partial charge in [-0.05, 0) is 37.8 Å². The predicted octanol–water partition coefficient (Wildman–Crippen LogP) is 3.68. The van der Waals surface area contributed by atoms with Gasteiger partial charge in [0.05, 0.1) is 0 Å². The molecule has 1 heteroatoms. The van der Waals surface area contributed by atoms with Gasteiger partial charge in [0.1, 0.15) is 5.78 Å². The number of benzene rings is 1. The smallest absolute Gasteiger partial charge is 0.143 e. The number of ketones is 1. The molecule has 4 unspecified atom stereocenters. The minimum Gasteiger partial charge on any atom is -0.299 e. The Hall–Kier alpha value is -1.55. The van der Waals surface area contributed by atoms with E-state index in [0.717, 1.165) is 18.4 Å². The zero-order valence-corrected chi connectivity index (χ0v) is 11.9.